The number of allylic oxidation sites excluding steroid dienone is 1. The molecule has 0 amide bonds. The molecule has 0 N–H and O–H groups in total. The maximum atomic E-state index is 12.2. The number of rotatable bonds is 4. The van der Waals surface area contributed by atoms with Crippen molar-refractivity contribution in [2.24, 2.45) is 0 Å². The van der Waals surface area contributed by atoms with Crippen molar-refractivity contribution >= 4 is 22.6 Å². The van der Waals surface area contributed by atoms with Gasteiger partial charge in [-0.05, 0) is 41.1 Å². The van der Waals surface area contributed by atoms with Crippen molar-refractivity contribution in [3.8, 4) is 5.75 Å². The van der Waals surface area contributed by atoms with Crippen LogP contribution in [0.3, 0.4) is 0 Å². The summed E-state index contributed by atoms with van der Waals surface area (Å²) in [5, 5.41) is 2.17. The number of hydrogen-bond donors (Lipinski definition) is 0. The molecule has 0 spiro atoms. The summed E-state index contributed by atoms with van der Waals surface area (Å²) in [6, 6.07) is 15.4. The van der Waals surface area contributed by atoms with Gasteiger partial charge in [0.2, 0.25) is 0 Å². The van der Waals surface area contributed by atoms with Crippen molar-refractivity contribution < 1.29 is 9.53 Å². The van der Waals surface area contributed by atoms with Crippen LogP contribution in [0.5, 0.6) is 5.75 Å². The summed E-state index contributed by atoms with van der Waals surface area (Å²) < 4.78 is 5.42. The van der Waals surface area contributed by atoms with Crippen LogP contribution in [0, 0.1) is 0 Å². The normalized spacial score (nSPS) is 11.0. The molecule has 3 nitrogen and oxygen atoms in total. The first kappa shape index (κ1) is 14.0. The lowest BCUT2D eigenvalue weighted by Crippen LogP contribution is -1.94. The third-order valence-corrected chi connectivity index (χ3v) is 3.52. The summed E-state index contributed by atoms with van der Waals surface area (Å²) in [7, 11) is 1.63. The first-order chi connectivity index (χ1) is 10.8. The second kappa shape index (κ2) is 6.22. The molecule has 0 radical (unpaired) electrons. The molecule has 0 atom stereocenters. The number of aromatic nitrogens is 1. The third-order valence-electron chi connectivity index (χ3n) is 3.52. The van der Waals surface area contributed by atoms with Crippen LogP contribution < -0.4 is 4.74 Å². The highest BCUT2D eigenvalue weighted by atomic mass is 16.5. The highest BCUT2D eigenvalue weighted by molar-refractivity contribution is 6.08. The number of carbonyl (C=O) groups excluding carboxylic acids is 1. The Kier molecular flexibility index (Phi) is 3.97. The molecular formula is C19H15NO2. The van der Waals surface area contributed by atoms with Crippen molar-refractivity contribution in [1.82, 2.24) is 4.98 Å². The maximum Gasteiger partial charge on any atom is 0.185 e. The maximum absolute atomic E-state index is 12.2. The van der Waals surface area contributed by atoms with E-state index in [4.69, 9.17) is 4.74 Å². The number of ketones is 1. The summed E-state index contributed by atoms with van der Waals surface area (Å²) in [5.41, 5.74) is 1.52. The van der Waals surface area contributed by atoms with Gasteiger partial charge in [-0.15, -0.1) is 0 Å². The van der Waals surface area contributed by atoms with Gasteiger partial charge < -0.3 is 4.74 Å². The van der Waals surface area contributed by atoms with Gasteiger partial charge in [-0.1, -0.05) is 30.3 Å². The number of hydrogen-bond acceptors (Lipinski definition) is 3. The Hall–Kier alpha value is -2.94. The lowest BCUT2D eigenvalue weighted by molar-refractivity contribution is 0.104. The van der Waals surface area contributed by atoms with Crippen molar-refractivity contribution in [2.45, 2.75) is 0 Å². The molecule has 3 aromatic rings. The Labute approximate surface area is 128 Å². The lowest BCUT2D eigenvalue weighted by atomic mass is 10.0. The summed E-state index contributed by atoms with van der Waals surface area (Å²) in [6.45, 7) is 0. The molecule has 0 bridgehead atoms. The van der Waals surface area contributed by atoms with Crippen LogP contribution in [-0.2, 0) is 0 Å². The van der Waals surface area contributed by atoms with Crippen LogP contribution in [0.1, 0.15) is 15.9 Å². The standard InChI is InChI=1S/C19H15NO2/c1-22-19-9-6-14-4-2-3-5-16(14)17(19)7-8-18(21)15-10-12-20-13-11-15/h2-13H,1H3/b8-7+. The number of methoxy groups -OCH3 is 1. The van der Waals surface area contributed by atoms with Crippen LogP contribution in [0.15, 0.2) is 67.0 Å². The monoisotopic (exact) mass is 289 g/mol. The molecule has 1 aromatic heterocycles. The largest absolute Gasteiger partial charge is 0.496 e. The van der Waals surface area contributed by atoms with E-state index in [2.05, 4.69) is 4.98 Å². The predicted octanol–water partition coefficient (Wildman–Crippen LogP) is 4.14. The van der Waals surface area contributed by atoms with Gasteiger partial charge in [0.1, 0.15) is 5.75 Å². The minimum absolute atomic E-state index is 0.0580. The molecule has 0 aliphatic rings. The zero-order chi connectivity index (χ0) is 15.4. The van der Waals surface area contributed by atoms with E-state index in [1.54, 1.807) is 37.7 Å². The second-order valence-corrected chi connectivity index (χ2v) is 4.84. The van der Waals surface area contributed by atoms with Crippen molar-refractivity contribution in [1.29, 1.82) is 0 Å². The molecule has 1 heterocycles. The summed E-state index contributed by atoms with van der Waals surface area (Å²) in [4.78, 5) is 16.1. The van der Waals surface area contributed by atoms with Crippen molar-refractivity contribution in [2.75, 3.05) is 7.11 Å². The topological polar surface area (TPSA) is 39.2 Å². The molecule has 0 unspecified atom stereocenters. The molecule has 0 saturated heterocycles. The van der Waals surface area contributed by atoms with Gasteiger partial charge in [0.05, 0.1) is 7.11 Å². The lowest BCUT2D eigenvalue weighted by Gasteiger charge is -2.08. The summed E-state index contributed by atoms with van der Waals surface area (Å²) in [5.74, 6) is 0.690. The van der Waals surface area contributed by atoms with Crippen LogP contribution >= 0.6 is 0 Å². The molecule has 0 fully saturated rings. The fourth-order valence-corrected chi connectivity index (χ4v) is 2.40. The fraction of sp³-hybridized carbons (Fsp3) is 0.0526. The molecule has 0 aliphatic carbocycles. The van der Waals surface area contributed by atoms with Gasteiger partial charge >= 0.3 is 0 Å². The molecular weight excluding hydrogens is 274 g/mol. The van der Waals surface area contributed by atoms with Crippen LogP contribution in [0.25, 0.3) is 16.8 Å². The van der Waals surface area contributed by atoms with Gasteiger partial charge in [-0.3, -0.25) is 9.78 Å². The third kappa shape index (κ3) is 2.74. The van der Waals surface area contributed by atoms with E-state index in [1.807, 2.05) is 42.5 Å². The van der Waals surface area contributed by atoms with Gasteiger partial charge in [0.25, 0.3) is 0 Å². The summed E-state index contributed by atoms with van der Waals surface area (Å²) >= 11 is 0. The first-order valence-corrected chi connectivity index (χ1v) is 6.98. The van der Waals surface area contributed by atoms with Crippen molar-refractivity contribution in [3.63, 3.8) is 0 Å². The highest BCUT2D eigenvalue weighted by Gasteiger charge is 2.06. The second-order valence-electron chi connectivity index (χ2n) is 4.84. The van der Waals surface area contributed by atoms with Gasteiger partial charge in [-0.2, -0.15) is 0 Å². The average Bonchev–Trinajstić information content (AvgIpc) is 2.60. The molecule has 3 rings (SSSR count). The van der Waals surface area contributed by atoms with Crippen LogP contribution in [0.4, 0.5) is 0 Å². The van der Waals surface area contributed by atoms with Crippen molar-refractivity contribution in [3.05, 3.63) is 78.1 Å². The van der Waals surface area contributed by atoms with E-state index >= 15 is 0 Å². The Bertz CT molecular complexity index is 838. The minimum atomic E-state index is -0.0580. The van der Waals surface area contributed by atoms with E-state index in [-0.39, 0.29) is 5.78 Å². The average molecular weight is 289 g/mol. The quantitative estimate of drug-likeness (QED) is 0.535. The Morgan fingerprint density at radius 2 is 1.82 bits per heavy atom. The molecule has 0 saturated carbocycles. The van der Waals surface area contributed by atoms with E-state index in [1.165, 1.54) is 0 Å². The SMILES string of the molecule is COc1ccc2ccccc2c1/C=C/C(=O)c1ccncc1. The van der Waals surface area contributed by atoms with Crippen LogP contribution in [-0.4, -0.2) is 17.9 Å². The van der Waals surface area contributed by atoms with Gasteiger partial charge in [0.15, 0.2) is 5.78 Å². The molecule has 108 valence electrons. The fourth-order valence-electron chi connectivity index (χ4n) is 2.40. The smallest absolute Gasteiger partial charge is 0.185 e. The van der Waals surface area contributed by atoms with E-state index in [9.17, 15) is 4.79 Å². The Balaban J connectivity index is 2.02. The highest BCUT2D eigenvalue weighted by Crippen LogP contribution is 2.29. The zero-order valence-corrected chi connectivity index (χ0v) is 12.2. The Morgan fingerprint density at radius 3 is 2.59 bits per heavy atom. The number of carbonyl (C=O) groups is 1. The number of ether oxygens (including phenoxy) is 1. The number of pyridine rings is 1. The van der Waals surface area contributed by atoms with E-state index in [0.717, 1.165) is 22.1 Å². The molecule has 22 heavy (non-hydrogen) atoms. The first-order valence-electron chi connectivity index (χ1n) is 6.98. The Morgan fingerprint density at radius 1 is 1.05 bits per heavy atom. The summed E-state index contributed by atoms with van der Waals surface area (Å²) in [6.07, 6.45) is 6.60. The predicted molar refractivity (Wildman–Crippen MR) is 88.1 cm³/mol. The van der Waals surface area contributed by atoms with Gasteiger partial charge in [0, 0.05) is 23.5 Å². The minimum Gasteiger partial charge on any atom is -0.496 e. The molecule has 0 aliphatic heterocycles. The number of fused-ring (bicyclic) bond motifs is 1. The van der Waals surface area contributed by atoms with E-state index in [0.29, 0.717) is 5.56 Å². The van der Waals surface area contributed by atoms with Crippen LogP contribution in [0.2, 0.25) is 0 Å². The van der Waals surface area contributed by atoms with E-state index < -0.39 is 0 Å². The van der Waals surface area contributed by atoms with Gasteiger partial charge in [-0.25, -0.2) is 0 Å². The zero-order valence-electron chi connectivity index (χ0n) is 12.2. The molecule has 3 heteroatoms. The molecule has 2 aromatic carbocycles. The number of nitrogens with zero attached hydrogens (tertiary/aromatic N) is 1. The number of benzene rings is 2.